The molecule has 96 valence electrons. The number of aliphatic hydroxyl groups is 3. The number of aliphatic hydroxyl groups excluding tert-OH is 2. The predicted molar refractivity (Wildman–Crippen MR) is 58.8 cm³/mol. The minimum absolute atomic E-state index is 0.0577. The van der Waals surface area contributed by atoms with E-state index < -0.39 is 24.0 Å². The van der Waals surface area contributed by atoms with Gasteiger partial charge >= 0.3 is 5.97 Å². The first-order valence-electron chi connectivity index (χ1n) is 6.05. The van der Waals surface area contributed by atoms with Gasteiger partial charge in [0.25, 0.3) is 0 Å². The molecule has 1 aliphatic carbocycles. The van der Waals surface area contributed by atoms with Gasteiger partial charge in [-0.2, -0.15) is 0 Å². The minimum atomic E-state index is -1.57. The molecule has 0 saturated carbocycles. The van der Waals surface area contributed by atoms with Gasteiger partial charge in [-0.25, -0.2) is 4.79 Å². The maximum atomic E-state index is 11.6. The fourth-order valence-corrected chi connectivity index (χ4v) is 2.49. The van der Waals surface area contributed by atoms with E-state index in [0.717, 1.165) is 12.8 Å². The van der Waals surface area contributed by atoms with Crippen molar-refractivity contribution >= 4 is 5.97 Å². The SMILES string of the molecule is CCCC[C@]1(O)OC(=O)C2=C1CC[C@@H](O)[C@@H]2O. The zero-order chi connectivity index (χ0) is 12.6. The zero-order valence-electron chi connectivity index (χ0n) is 9.85. The average Bonchev–Trinajstić information content (AvgIpc) is 2.54. The van der Waals surface area contributed by atoms with Crippen molar-refractivity contribution in [2.45, 2.75) is 57.0 Å². The lowest BCUT2D eigenvalue weighted by atomic mass is 9.84. The molecule has 2 aliphatic rings. The number of carbonyl (C=O) groups is 1. The van der Waals surface area contributed by atoms with Gasteiger partial charge in [-0.15, -0.1) is 0 Å². The molecule has 0 aromatic heterocycles. The molecule has 0 spiro atoms. The lowest BCUT2D eigenvalue weighted by Crippen LogP contribution is -2.36. The standard InChI is InChI=1S/C12H18O5/c1-2-3-6-12(16)7-4-5-8(13)10(14)9(7)11(15)17-12/h8,10,13-14,16H,2-6H2,1H3/t8-,10+,12+/m1/s1. The minimum Gasteiger partial charge on any atom is -0.426 e. The van der Waals surface area contributed by atoms with Gasteiger partial charge in [-0.05, 0) is 19.3 Å². The molecule has 3 atom stereocenters. The molecular formula is C12H18O5. The molecule has 0 aromatic rings. The lowest BCUT2D eigenvalue weighted by Gasteiger charge is -2.28. The number of unbranched alkanes of at least 4 members (excludes halogenated alkanes) is 1. The molecule has 0 amide bonds. The number of carbonyl (C=O) groups excluding carboxylic acids is 1. The van der Waals surface area contributed by atoms with Gasteiger partial charge in [0.2, 0.25) is 5.79 Å². The summed E-state index contributed by atoms with van der Waals surface area (Å²) in [6.45, 7) is 1.98. The van der Waals surface area contributed by atoms with E-state index >= 15 is 0 Å². The van der Waals surface area contributed by atoms with Crippen molar-refractivity contribution in [2.75, 3.05) is 0 Å². The highest BCUT2D eigenvalue weighted by Gasteiger charge is 2.50. The van der Waals surface area contributed by atoms with Crippen LogP contribution in [-0.2, 0) is 9.53 Å². The van der Waals surface area contributed by atoms with E-state index in [4.69, 9.17) is 4.74 Å². The fourth-order valence-electron chi connectivity index (χ4n) is 2.49. The Morgan fingerprint density at radius 3 is 2.82 bits per heavy atom. The number of hydrogen-bond donors (Lipinski definition) is 3. The molecule has 2 rings (SSSR count). The smallest absolute Gasteiger partial charge is 0.339 e. The molecule has 0 saturated heterocycles. The van der Waals surface area contributed by atoms with Crippen molar-refractivity contribution in [3.05, 3.63) is 11.1 Å². The second-order valence-corrected chi connectivity index (χ2v) is 4.72. The van der Waals surface area contributed by atoms with Crippen LogP contribution < -0.4 is 0 Å². The monoisotopic (exact) mass is 242 g/mol. The Kier molecular flexibility index (Phi) is 3.25. The summed E-state index contributed by atoms with van der Waals surface area (Å²) in [7, 11) is 0. The average molecular weight is 242 g/mol. The third kappa shape index (κ3) is 1.99. The summed E-state index contributed by atoms with van der Waals surface area (Å²) in [6, 6.07) is 0. The summed E-state index contributed by atoms with van der Waals surface area (Å²) in [5, 5.41) is 29.6. The van der Waals surface area contributed by atoms with Crippen molar-refractivity contribution < 1.29 is 24.9 Å². The van der Waals surface area contributed by atoms with E-state index in [2.05, 4.69) is 0 Å². The molecule has 0 unspecified atom stereocenters. The predicted octanol–water partition coefficient (Wildman–Crippen LogP) is 0.234. The number of rotatable bonds is 3. The van der Waals surface area contributed by atoms with Gasteiger partial charge < -0.3 is 20.1 Å². The van der Waals surface area contributed by atoms with Gasteiger partial charge in [0.15, 0.2) is 0 Å². The van der Waals surface area contributed by atoms with Crippen LogP contribution in [0.4, 0.5) is 0 Å². The molecule has 3 N–H and O–H groups in total. The van der Waals surface area contributed by atoms with E-state index in [1.807, 2.05) is 6.92 Å². The second-order valence-electron chi connectivity index (χ2n) is 4.72. The Morgan fingerprint density at radius 2 is 2.18 bits per heavy atom. The Bertz CT molecular complexity index is 362. The molecule has 0 fully saturated rings. The summed E-state index contributed by atoms with van der Waals surface area (Å²) in [4.78, 5) is 11.6. The summed E-state index contributed by atoms with van der Waals surface area (Å²) in [6.07, 6.45) is 0.505. The normalized spacial score (nSPS) is 37.1. The van der Waals surface area contributed by atoms with Crippen molar-refractivity contribution in [3.63, 3.8) is 0 Å². The van der Waals surface area contributed by atoms with Crippen molar-refractivity contribution in [1.82, 2.24) is 0 Å². The van der Waals surface area contributed by atoms with Crippen LogP contribution in [0.1, 0.15) is 39.0 Å². The van der Waals surface area contributed by atoms with Gasteiger partial charge in [0.1, 0.15) is 6.10 Å². The number of cyclic esters (lactones) is 1. The first-order chi connectivity index (χ1) is 7.99. The van der Waals surface area contributed by atoms with Crippen LogP contribution in [0.25, 0.3) is 0 Å². The maximum absolute atomic E-state index is 11.6. The summed E-state index contributed by atoms with van der Waals surface area (Å²) >= 11 is 0. The van der Waals surface area contributed by atoms with Gasteiger partial charge in [-0.1, -0.05) is 13.3 Å². The van der Waals surface area contributed by atoms with E-state index in [1.165, 1.54) is 0 Å². The zero-order valence-corrected chi connectivity index (χ0v) is 9.85. The first kappa shape index (κ1) is 12.5. The second kappa shape index (κ2) is 4.40. The van der Waals surface area contributed by atoms with Crippen LogP contribution in [0.15, 0.2) is 11.1 Å². The quantitative estimate of drug-likeness (QED) is 0.617. The molecule has 1 aliphatic heterocycles. The van der Waals surface area contributed by atoms with Crippen LogP contribution >= 0.6 is 0 Å². The van der Waals surface area contributed by atoms with Crippen LogP contribution in [0.5, 0.6) is 0 Å². The maximum Gasteiger partial charge on any atom is 0.339 e. The molecule has 5 nitrogen and oxygen atoms in total. The van der Waals surface area contributed by atoms with Crippen LogP contribution in [0.2, 0.25) is 0 Å². The molecule has 17 heavy (non-hydrogen) atoms. The van der Waals surface area contributed by atoms with Gasteiger partial charge in [0, 0.05) is 12.0 Å². The summed E-state index contributed by atoms with van der Waals surface area (Å²) in [5.74, 6) is -2.27. The van der Waals surface area contributed by atoms with E-state index in [-0.39, 0.29) is 5.57 Å². The summed E-state index contributed by atoms with van der Waals surface area (Å²) in [5.41, 5.74) is 0.510. The van der Waals surface area contributed by atoms with E-state index in [1.54, 1.807) is 0 Å². The highest BCUT2D eigenvalue weighted by atomic mass is 16.7. The highest BCUT2D eigenvalue weighted by Crippen LogP contribution is 2.42. The van der Waals surface area contributed by atoms with Gasteiger partial charge in [-0.3, -0.25) is 0 Å². The molecule has 0 aromatic carbocycles. The van der Waals surface area contributed by atoms with Crippen molar-refractivity contribution in [2.24, 2.45) is 0 Å². The summed E-state index contributed by atoms with van der Waals surface area (Å²) < 4.78 is 4.99. The van der Waals surface area contributed by atoms with E-state index in [9.17, 15) is 20.1 Å². The Hall–Kier alpha value is -0.910. The Labute approximate surface area is 99.7 Å². The molecule has 0 bridgehead atoms. The Morgan fingerprint density at radius 1 is 1.47 bits per heavy atom. The number of ether oxygens (including phenoxy) is 1. The van der Waals surface area contributed by atoms with Crippen LogP contribution in [-0.4, -0.2) is 39.3 Å². The number of hydrogen-bond acceptors (Lipinski definition) is 5. The largest absolute Gasteiger partial charge is 0.426 e. The van der Waals surface area contributed by atoms with Crippen molar-refractivity contribution in [3.8, 4) is 0 Å². The van der Waals surface area contributed by atoms with E-state index in [0.29, 0.717) is 24.8 Å². The lowest BCUT2D eigenvalue weighted by molar-refractivity contribution is -0.184. The molecule has 1 heterocycles. The molecule has 5 heteroatoms. The molecule has 0 radical (unpaired) electrons. The first-order valence-corrected chi connectivity index (χ1v) is 6.05. The highest BCUT2D eigenvalue weighted by molar-refractivity contribution is 5.94. The fraction of sp³-hybridized carbons (Fsp3) is 0.750. The van der Waals surface area contributed by atoms with Gasteiger partial charge in [0.05, 0.1) is 11.7 Å². The number of esters is 1. The van der Waals surface area contributed by atoms with Crippen LogP contribution in [0.3, 0.4) is 0 Å². The topological polar surface area (TPSA) is 87.0 Å². The third-order valence-corrected chi connectivity index (χ3v) is 3.50. The van der Waals surface area contributed by atoms with Crippen LogP contribution in [0, 0.1) is 0 Å². The Balaban J connectivity index is 2.30. The molecular weight excluding hydrogens is 224 g/mol. The van der Waals surface area contributed by atoms with Crippen molar-refractivity contribution in [1.29, 1.82) is 0 Å². The third-order valence-electron chi connectivity index (χ3n) is 3.50.